The average molecular weight is 221 g/mol. The van der Waals surface area contributed by atoms with E-state index in [9.17, 15) is 5.11 Å². The summed E-state index contributed by atoms with van der Waals surface area (Å²) in [5, 5.41) is 10.0. The number of nitrogens with zero attached hydrogens (tertiary/aromatic N) is 1. The number of rotatable bonds is 5. The third-order valence-electron chi connectivity index (χ3n) is 3.53. The van der Waals surface area contributed by atoms with Gasteiger partial charge >= 0.3 is 0 Å². The van der Waals surface area contributed by atoms with Gasteiger partial charge in [0.25, 0.3) is 0 Å². The largest absolute Gasteiger partial charge is 0.393 e. The van der Waals surface area contributed by atoms with Gasteiger partial charge in [-0.1, -0.05) is 0 Å². The van der Waals surface area contributed by atoms with Crippen LogP contribution in [0.15, 0.2) is 24.5 Å². The molecule has 3 nitrogen and oxygen atoms in total. The van der Waals surface area contributed by atoms with Gasteiger partial charge in [0.1, 0.15) is 0 Å². The van der Waals surface area contributed by atoms with Crippen LogP contribution in [0, 0.1) is 0 Å². The fraction of sp³-hybridized carbons (Fsp3) is 0.615. The van der Waals surface area contributed by atoms with E-state index in [1.807, 2.05) is 12.1 Å². The van der Waals surface area contributed by atoms with Gasteiger partial charge in [0.15, 0.2) is 0 Å². The number of hydrogen-bond acceptors (Lipinski definition) is 3. The van der Waals surface area contributed by atoms with Crippen LogP contribution in [0.5, 0.6) is 0 Å². The number of aliphatic hydroxyl groups excluding tert-OH is 1. The topological polar surface area (TPSA) is 42.4 Å². The van der Waals surface area contributed by atoms with Crippen molar-refractivity contribution in [1.29, 1.82) is 0 Å². The predicted molar refractivity (Wildman–Crippen MR) is 62.2 cm³/mol. The summed E-state index contributed by atoms with van der Waals surface area (Å²) in [7, 11) is 1.75. The zero-order chi connectivity index (χ0) is 11.4. The molecule has 88 valence electrons. The quantitative estimate of drug-likeness (QED) is 0.826. The van der Waals surface area contributed by atoms with E-state index in [0.29, 0.717) is 6.42 Å². The molecule has 0 amide bonds. The van der Waals surface area contributed by atoms with Crippen molar-refractivity contribution in [3.8, 4) is 0 Å². The summed E-state index contributed by atoms with van der Waals surface area (Å²) in [6, 6.07) is 3.90. The Morgan fingerprint density at radius 1 is 1.44 bits per heavy atom. The van der Waals surface area contributed by atoms with Crippen molar-refractivity contribution in [2.75, 3.05) is 7.11 Å². The normalized spacial score (nSPS) is 20.1. The molecule has 16 heavy (non-hydrogen) atoms. The van der Waals surface area contributed by atoms with Crippen LogP contribution in [0.1, 0.15) is 31.2 Å². The number of ether oxygens (including phenoxy) is 1. The minimum absolute atomic E-state index is 0.0492. The Morgan fingerprint density at radius 2 is 2.12 bits per heavy atom. The van der Waals surface area contributed by atoms with Crippen molar-refractivity contribution < 1.29 is 9.84 Å². The summed E-state index contributed by atoms with van der Waals surface area (Å²) in [4.78, 5) is 3.96. The first-order valence-corrected chi connectivity index (χ1v) is 5.86. The summed E-state index contributed by atoms with van der Waals surface area (Å²) in [5.41, 5.74) is 1.08. The van der Waals surface area contributed by atoms with Gasteiger partial charge in [0, 0.05) is 25.9 Å². The van der Waals surface area contributed by atoms with Crippen LogP contribution >= 0.6 is 0 Å². The molecule has 1 unspecified atom stereocenters. The SMILES string of the molecule is COC1(CC(O)Cc2ccncc2)CCC1. The lowest BCUT2D eigenvalue weighted by atomic mass is 9.75. The second-order valence-electron chi connectivity index (χ2n) is 4.66. The Morgan fingerprint density at radius 3 is 2.62 bits per heavy atom. The Hall–Kier alpha value is -0.930. The summed E-state index contributed by atoms with van der Waals surface area (Å²) >= 11 is 0. The van der Waals surface area contributed by atoms with E-state index in [4.69, 9.17) is 4.74 Å². The molecular formula is C13H19NO2. The molecule has 1 atom stereocenters. The van der Waals surface area contributed by atoms with Gasteiger partial charge in [0.2, 0.25) is 0 Å². The van der Waals surface area contributed by atoms with Gasteiger partial charge in [-0.3, -0.25) is 4.98 Å². The molecule has 0 saturated heterocycles. The highest BCUT2D eigenvalue weighted by Gasteiger charge is 2.38. The molecule has 1 saturated carbocycles. The molecule has 1 heterocycles. The minimum Gasteiger partial charge on any atom is -0.393 e. The fourth-order valence-corrected chi connectivity index (χ4v) is 2.36. The van der Waals surface area contributed by atoms with Crippen LogP contribution in [0.2, 0.25) is 0 Å². The van der Waals surface area contributed by atoms with Crippen molar-refractivity contribution in [1.82, 2.24) is 4.98 Å². The summed E-state index contributed by atoms with van der Waals surface area (Å²) in [5.74, 6) is 0. The van der Waals surface area contributed by atoms with Crippen LogP contribution in [-0.4, -0.2) is 28.9 Å². The number of hydrogen-bond donors (Lipinski definition) is 1. The first-order chi connectivity index (χ1) is 7.74. The maximum absolute atomic E-state index is 10.0. The minimum atomic E-state index is -0.317. The number of aromatic nitrogens is 1. The van der Waals surface area contributed by atoms with Crippen molar-refractivity contribution >= 4 is 0 Å². The molecule has 3 heteroatoms. The Kier molecular flexibility index (Phi) is 3.56. The molecule has 1 fully saturated rings. The van der Waals surface area contributed by atoms with E-state index in [-0.39, 0.29) is 11.7 Å². The summed E-state index contributed by atoms with van der Waals surface area (Å²) in [6.07, 6.45) is 8.01. The highest BCUT2D eigenvalue weighted by Crippen LogP contribution is 2.39. The van der Waals surface area contributed by atoms with Gasteiger partial charge in [-0.2, -0.15) is 0 Å². The van der Waals surface area contributed by atoms with Crippen LogP contribution in [0.4, 0.5) is 0 Å². The van der Waals surface area contributed by atoms with E-state index in [2.05, 4.69) is 4.98 Å². The fourth-order valence-electron chi connectivity index (χ4n) is 2.36. The maximum atomic E-state index is 10.0. The first-order valence-electron chi connectivity index (χ1n) is 5.86. The van der Waals surface area contributed by atoms with E-state index in [1.54, 1.807) is 19.5 Å². The molecule has 0 aliphatic heterocycles. The predicted octanol–water partition coefficient (Wildman–Crippen LogP) is 1.94. The number of methoxy groups -OCH3 is 1. The monoisotopic (exact) mass is 221 g/mol. The second-order valence-corrected chi connectivity index (χ2v) is 4.66. The highest BCUT2D eigenvalue weighted by molar-refractivity contribution is 5.11. The van der Waals surface area contributed by atoms with Crippen molar-refractivity contribution in [2.24, 2.45) is 0 Å². The van der Waals surface area contributed by atoms with Gasteiger partial charge in [-0.05, 0) is 43.4 Å². The van der Waals surface area contributed by atoms with Crippen molar-refractivity contribution in [2.45, 2.75) is 43.8 Å². The standard InChI is InChI=1S/C13H19NO2/c1-16-13(5-2-6-13)10-12(15)9-11-3-7-14-8-4-11/h3-4,7-8,12,15H,2,5-6,9-10H2,1H3. The molecule has 1 aromatic rings. The van der Waals surface area contributed by atoms with E-state index < -0.39 is 0 Å². The van der Waals surface area contributed by atoms with Crippen LogP contribution < -0.4 is 0 Å². The van der Waals surface area contributed by atoms with Crippen LogP contribution in [-0.2, 0) is 11.2 Å². The van der Waals surface area contributed by atoms with Crippen LogP contribution in [0.25, 0.3) is 0 Å². The summed E-state index contributed by atoms with van der Waals surface area (Å²) in [6.45, 7) is 0. The third kappa shape index (κ3) is 2.60. The third-order valence-corrected chi connectivity index (χ3v) is 3.53. The highest BCUT2D eigenvalue weighted by atomic mass is 16.5. The van der Waals surface area contributed by atoms with Gasteiger partial charge in [0.05, 0.1) is 11.7 Å². The maximum Gasteiger partial charge on any atom is 0.0703 e. The first kappa shape index (κ1) is 11.6. The molecule has 0 bridgehead atoms. The molecule has 1 aliphatic rings. The molecule has 1 aliphatic carbocycles. The van der Waals surface area contributed by atoms with Gasteiger partial charge in [-0.25, -0.2) is 0 Å². The van der Waals surface area contributed by atoms with Crippen LogP contribution in [0.3, 0.4) is 0 Å². The second kappa shape index (κ2) is 4.93. The molecule has 2 rings (SSSR count). The average Bonchev–Trinajstić information content (AvgIpc) is 2.25. The Balaban J connectivity index is 1.87. The summed E-state index contributed by atoms with van der Waals surface area (Å²) < 4.78 is 5.51. The molecule has 0 spiro atoms. The lowest BCUT2D eigenvalue weighted by Crippen LogP contribution is -2.42. The van der Waals surface area contributed by atoms with E-state index in [0.717, 1.165) is 24.8 Å². The molecule has 0 aromatic carbocycles. The molecule has 0 radical (unpaired) electrons. The Labute approximate surface area is 96.5 Å². The number of pyridine rings is 1. The van der Waals surface area contributed by atoms with Crippen molar-refractivity contribution in [3.05, 3.63) is 30.1 Å². The molecular weight excluding hydrogens is 202 g/mol. The zero-order valence-electron chi connectivity index (χ0n) is 9.72. The smallest absolute Gasteiger partial charge is 0.0703 e. The Bertz CT molecular complexity index is 316. The van der Waals surface area contributed by atoms with E-state index >= 15 is 0 Å². The van der Waals surface area contributed by atoms with Crippen molar-refractivity contribution in [3.63, 3.8) is 0 Å². The number of aliphatic hydroxyl groups is 1. The van der Waals surface area contributed by atoms with Gasteiger partial charge in [-0.15, -0.1) is 0 Å². The van der Waals surface area contributed by atoms with E-state index in [1.165, 1.54) is 6.42 Å². The molecule has 1 N–H and O–H groups in total. The lowest BCUT2D eigenvalue weighted by molar-refractivity contribution is -0.0989. The molecule has 1 aromatic heterocycles. The zero-order valence-corrected chi connectivity index (χ0v) is 9.72. The lowest BCUT2D eigenvalue weighted by Gasteiger charge is -2.41. The van der Waals surface area contributed by atoms with Gasteiger partial charge < -0.3 is 9.84 Å².